The van der Waals surface area contributed by atoms with Gasteiger partial charge in [0.15, 0.2) is 0 Å². The molecule has 21 heavy (non-hydrogen) atoms. The van der Waals surface area contributed by atoms with Gasteiger partial charge in [-0.3, -0.25) is 0 Å². The molecule has 0 fully saturated rings. The molecule has 0 spiro atoms. The molecule has 0 bridgehead atoms. The summed E-state index contributed by atoms with van der Waals surface area (Å²) in [5.74, 6) is 1.49. The number of nitrogens with one attached hydrogen (secondary N) is 1. The van der Waals surface area contributed by atoms with Gasteiger partial charge in [-0.1, -0.05) is 44.2 Å². The zero-order valence-electron chi connectivity index (χ0n) is 13.4. The Kier molecular flexibility index (Phi) is 5.26. The van der Waals surface area contributed by atoms with Gasteiger partial charge in [-0.25, -0.2) is 0 Å². The summed E-state index contributed by atoms with van der Waals surface area (Å²) in [6.45, 7) is 9.33. The molecule has 0 amide bonds. The van der Waals surface area contributed by atoms with Crippen LogP contribution in [0, 0.1) is 0 Å². The van der Waals surface area contributed by atoms with Crippen molar-refractivity contribution in [3.05, 3.63) is 59.7 Å². The van der Waals surface area contributed by atoms with Crippen molar-refractivity contribution >= 4 is 5.69 Å². The minimum Gasteiger partial charge on any atom is -0.491 e. The summed E-state index contributed by atoms with van der Waals surface area (Å²) in [6, 6.07) is 16.9. The van der Waals surface area contributed by atoms with E-state index in [2.05, 4.69) is 49.5 Å². The molecule has 2 nitrogen and oxygen atoms in total. The van der Waals surface area contributed by atoms with Crippen LogP contribution in [0.1, 0.15) is 44.7 Å². The van der Waals surface area contributed by atoms with Gasteiger partial charge in [-0.05, 0) is 43.0 Å². The van der Waals surface area contributed by atoms with Crippen molar-refractivity contribution in [1.82, 2.24) is 0 Å². The lowest BCUT2D eigenvalue weighted by Crippen LogP contribution is -2.06. The summed E-state index contributed by atoms with van der Waals surface area (Å²) in [4.78, 5) is 0. The highest BCUT2D eigenvalue weighted by atomic mass is 16.5. The Morgan fingerprint density at radius 1 is 0.952 bits per heavy atom. The number of benzene rings is 2. The second kappa shape index (κ2) is 7.16. The highest BCUT2D eigenvalue weighted by Gasteiger charge is 2.01. The maximum atomic E-state index is 5.71. The van der Waals surface area contributed by atoms with Crippen LogP contribution >= 0.6 is 0 Å². The van der Waals surface area contributed by atoms with E-state index in [4.69, 9.17) is 4.74 Å². The summed E-state index contributed by atoms with van der Waals surface area (Å²) < 4.78 is 5.71. The smallest absolute Gasteiger partial charge is 0.121 e. The highest BCUT2D eigenvalue weighted by Crippen LogP contribution is 2.20. The van der Waals surface area contributed by atoms with Crippen molar-refractivity contribution in [2.45, 2.75) is 46.3 Å². The first-order chi connectivity index (χ1) is 10.0. The molecule has 0 saturated carbocycles. The van der Waals surface area contributed by atoms with Crippen molar-refractivity contribution in [3.63, 3.8) is 0 Å². The van der Waals surface area contributed by atoms with Crippen LogP contribution in [0.2, 0.25) is 0 Å². The van der Waals surface area contributed by atoms with Gasteiger partial charge >= 0.3 is 0 Å². The van der Waals surface area contributed by atoms with Gasteiger partial charge in [0, 0.05) is 18.3 Å². The molecule has 0 heterocycles. The molecule has 0 aliphatic rings. The number of hydrogen-bond donors (Lipinski definition) is 1. The van der Waals surface area contributed by atoms with E-state index in [9.17, 15) is 0 Å². The molecule has 112 valence electrons. The Morgan fingerprint density at radius 2 is 1.67 bits per heavy atom. The molecule has 0 saturated heterocycles. The molecule has 2 heteroatoms. The van der Waals surface area contributed by atoms with Crippen molar-refractivity contribution < 1.29 is 4.74 Å². The lowest BCUT2D eigenvalue weighted by atomic mass is 10.0. The maximum Gasteiger partial charge on any atom is 0.121 e. The lowest BCUT2D eigenvalue weighted by Gasteiger charge is -2.12. The second-order valence-electron chi connectivity index (χ2n) is 5.94. The van der Waals surface area contributed by atoms with E-state index >= 15 is 0 Å². The summed E-state index contributed by atoms with van der Waals surface area (Å²) in [7, 11) is 0. The van der Waals surface area contributed by atoms with Gasteiger partial charge < -0.3 is 10.1 Å². The fourth-order valence-corrected chi connectivity index (χ4v) is 2.18. The molecule has 0 aliphatic carbocycles. The largest absolute Gasteiger partial charge is 0.491 e. The van der Waals surface area contributed by atoms with E-state index in [-0.39, 0.29) is 6.10 Å². The number of hydrogen-bond acceptors (Lipinski definition) is 2. The molecule has 0 aliphatic heterocycles. The molecule has 0 atom stereocenters. The Balaban J connectivity index is 1.96. The number of ether oxygens (including phenoxy) is 1. The molecule has 1 N–H and O–H groups in total. The first-order valence-electron chi connectivity index (χ1n) is 7.64. The van der Waals surface area contributed by atoms with Gasteiger partial charge in [0.05, 0.1) is 6.10 Å². The quantitative estimate of drug-likeness (QED) is 0.785. The van der Waals surface area contributed by atoms with Crippen molar-refractivity contribution in [3.8, 4) is 5.75 Å². The lowest BCUT2D eigenvalue weighted by molar-refractivity contribution is 0.242. The first-order valence-corrected chi connectivity index (χ1v) is 7.64. The van der Waals surface area contributed by atoms with E-state index in [0.717, 1.165) is 18.0 Å². The van der Waals surface area contributed by atoms with Crippen LogP contribution in [-0.2, 0) is 6.54 Å². The van der Waals surface area contributed by atoms with E-state index in [1.54, 1.807) is 0 Å². The Morgan fingerprint density at radius 3 is 2.29 bits per heavy atom. The maximum absolute atomic E-state index is 5.71. The molecule has 0 radical (unpaired) electrons. The van der Waals surface area contributed by atoms with Crippen LogP contribution in [0.3, 0.4) is 0 Å². The summed E-state index contributed by atoms with van der Waals surface area (Å²) in [5, 5.41) is 3.44. The van der Waals surface area contributed by atoms with Crippen molar-refractivity contribution in [2.75, 3.05) is 5.32 Å². The van der Waals surface area contributed by atoms with Crippen LogP contribution in [-0.4, -0.2) is 6.10 Å². The standard InChI is InChI=1S/C19H25NO/c1-14(2)17-10-8-16(9-11-17)13-20-18-6-5-7-19(12-18)21-15(3)4/h5-12,14-15,20H,13H2,1-4H3. The Labute approximate surface area is 128 Å². The van der Waals surface area contributed by atoms with Gasteiger partial charge in [0.1, 0.15) is 5.75 Å². The average molecular weight is 283 g/mol. The molecule has 2 rings (SSSR count). The van der Waals surface area contributed by atoms with Gasteiger partial charge in [0.2, 0.25) is 0 Å². The topological polar surface area (TPSA) is 21.3 Å². The molecule has 0 unspecified atom stereocenters. The van der Waals surface area contributed by atoms with Crippen LogP contribution in [0.4, 0.5) is 5.69 Å². The van der Waals surface area contributed by atoms with Crippen LogP contribution < -0.4 is 10.1 Å². The van der Waals surface area contributed by atoms with Crippen LogP contribution in [0.25, 0.3) is 0 Å². The predicted molar refractivity (Wildman–Crippen MR) is 90.1 cm³/mol. The summed E-state index contributed by atoms with van der Waals surface area (Å²) >= 11 is 0. The van der Waals surface area contributed by atoms with Gasteiger partial charge in [-0.2, -0.15) is 0 Å². The average Bonchev–Trinajstić information content (AvgIpc) is 2.45. The summed E-state index contributed by atoms with van der Waals surface area (Å²) in [6.07, 6.45) is 0.198. The van der Waals surface area contributed by atoms with E-state index in [0.29, 0.717) is 5.92 Å². The van der Waals surface area contributed by atoms with Crippen molar-refractivity contribution in [1.29, 1.82) is 0 Å². The molecular weight excluding hydrogens is 258 g/mol. The van der Waals surface area contributed by atoms with Crippen molar-refractivity contribution in [2.24, 2.45) is 0 Å². The molecule has 2 aromatic carbocycles. The summed E-state index contributed by atoms with van der Waals surface area (Å²) in [5.41, 5.74) is 3.75. The Bertz CT molecular complexity index is 558. The third-order valence-corrected chi connectivity index (χ3v) is 3.35. The number of anilines is 1. The zero-order chi connectivity index (χ0) is 15.2. The van der Waals surface area contributed by atoms with Crippen LogP contribution in [0.15, 0.2) is 48.5 Å². The normalized spacial score (nSPS) is 11.0. The zero-order valence-corrected chi connectivity index (χ0v) is 13.4. The van der Waals surface area contributed by atoms with Gasteiger partial charge in [0.25, 0.3) is 0 Å². The molecule has 2 aromatic rings. The van der Waals surface area contributed by atoms with E-state index in [1.807, 2.05) is 32.0 Å². The highest BCUT2D eigenvalue weighted by molar-refractivity contribution is 5.48. The SMILES string of the molecule is CC(C)Oc1cccc(NCc2ccc(C(C)C)cc2)c1. The third kappa shape index (κ3) is 4.82. The predicted octanol–water partition coefficient (Wildman–Crippen LogP) is 5.21. The monoisotopic (exact) mass is 283 g/mol. The van der Waals surface area contributed by atoms with Gasteiger partial charge in [-0.15, -0.1) is 0 Å². The number of rotatable bonds is 6. The molecular formula is C19H25NO. The Hall–Kier alpha value is -1.96. The second-order valence-corrected chi connectivity index (χ2v) is 5.94. The fourth-order valence-electron chi connectivity index (χ4n) is 2.18. The fraction of sp³-hybridized carbons (Fsp3) is 0.368. The minimum atomic E-state index is 0.198. The first kappa shape index (κ1) is 15.4. The third-order valence-electron chi connectivity index (χ3n) is 3.35. The van der Waals surface area contributed by atoms with E-state index < -0.39 is 0 Å². The minimum absolute atomic E-state index is 0.198. The van der Waals surface area contributed by atoms with Crippen LogP contribution in [0.5, 0.6) is 5.75 Å². The van der Waals surface area contributed by atoms with E-state index in [1.165, 1.54) is 11.1 Å². The molecule has 0 aromatic heterocycles.